The Morgan fingerprint density at radius 1 is 0.952 bits per heavy atom. The highest BCUT2D eigenvalue weighted by molar-refractivity contribution is 7.92. The van der Waals surface area contributed by atoms with Gasteiger partial charge in [0.05, 0.1) is 53.3 Å². The minimum absolute atomic E-state index is 0.130. The van der Waals surface area contributed by atoms with Crippen LogP contribution in [0.1, 0.15) is 28.4 Å². The van der Waals surface area contributed by atoms with E-state index in [4.69, 9.17) is 4.74 Å². The second-order valence-electron chi connectivity index (χ2n) is 9.97. The molecule has 1 aliphatic rings. The average Bonchev–Trinajstić information content (AvgIpc) is 3.25. The van der Waals surface area contributed by atoms with E-state index in [0.717, 1.165) is 6.26 Å². The van der Waals surface area contributed by atoms with Crippen LogP contribution in [0.3, 0.4) is 0 Å². The SMILES string of the molecule is CCOC(=O)c1ccc2c(c1)NC(=O)/C2=C(/Nc1ccc(N(C)C(=O)CN(C)C)c(NS(C)(=O)=O)c1)c1ccccc1. The molecule has 0 aromatic heterocycles. The van der Waals surface area contributed by atoms with Crippen LogP contribution in [0.4, 0.5) is 22.7 Å². The Labute approximate surface area is 245 Å². The lowest BCUT2D eigenvalue weighted by atomic mass is 9.99. The molecule has 4 rings (SSSR count). The van der Waals surface area contributed by atoms with Crippen LogP contribution in [0.15, 0.2) is 66.7 Å². The summed E-state index contributed by atoms with van der Waals surface area (Å²) in [6.07, 6.45) is 1.03. The number of sulfonamides is 1. The van der Waals surface area contributed by atoms with Crippen molar-refractivity contribution in [3.05, 3.63) is 83.4 Å². The third-order valence-electron chi connectivity index (χ3n) is 6.34. The van der Waals surface area contributed by atoms with Gasteiger partial charge < -0.3 is 25.2 Å². The van der Waals surface area contributed by atoms with E-state index in [1.807, 2.05) is 30.3 Å². The number of carbonyl (C=O) groups is 3. The van der Waals surface area contributed by atoms with Gasteiger partial charge in [-0.1, -0.05) is 36.4 Å². The number of rotatable bonds is 10. The molecule has 3 aromatic carbocycles. The van der Waals surface area contributed by atoms with Gasteiger partial charge in [0.15, 0.2) is 0 Å². The number of fused-ring (bicyclic) bond motifs is 1. The van der Waals surface area contributed by atoms with Crippen LogP contribution < -0.4 is 20.3 Å². The molecule has 3 aromatic rings. The first-order chi connectivity index (χ1) is 19.9. The van der Waals surface area contributed by atoms with Gasteiger partial charge in [-0.15, -0.1) is 0 Å². The Balaban J connectivity index is 1.82. The number of benzene rings is 3. The molecule has 12 heteroatoms. The molecule has 0 radical (unpaired) electrons. The lowest BCUT2D eigenvalue weighted by Crippen LogP contribution is -2.35. The van der Waals surface area contributed by atoms with Gasteiger partial charge in [-0.25, -0.2) is 13.2 Å². The Hall–Kier alpha value is -4.68. The highest BCUT2D eigenvalue weighted by Crippen LogP contribution is 2.39. The molecule has 1 heterocycles. The first kappa shape index (κ1) is 30.3. The van der Waals surface area contributed by atoms with E-state index in [2.05, 4.69) is 15.4 Å². The molecule has 0 atom stereocenters. The number of nitrogens with zero attached hydrogens (tertiary/aromatic N) is 2. The van der Waals surface area contributed by atoms with Crippen LogP contribution in [0.5, 0.6) is 0 Å². The topological polar surface area (TPSA) is 137 Å². The summed E-state index contributed by atoms with van der Waals surface area (Å²) in [4.78, 5) is 41.5. The Kier molecular flexibility index (Phi) is 8.98. The maximum atomic E-state index is 13.3. The summed E-state index contributed by atoms with van der Waals surface area (Å²) in [6, 6.07) is 18.9. The maximum absolute atomic E-state index is 13.3. The number of hydrogen-bond acceptors (Lipinski definition) is 8. The summed E-state index contributed by atoms with van der Waals surface area (Å²) < 4.78 is 32.1. The second-order valence-corrected chi connectivity index (χ2v) is 11.7. The highest BCUT2D eigenvalue weighted by Gasteiger charge is 2.30. The van der Waals surface area contributed by atoms with E-state index in [0.29, 0.717) is 45.0 Å². The molecule has 0 saturated heterocycles. The molecule has 11 nitrogen and oxygen atoms in total. The minimum atomic E-state index is -3.70. The van der Waals surface area contributed by atoms with Crippen molar-refractivity contribution < 1.29 is 27.5 Å². The van der Waals surface area contributed by atoms with E-state index in [1.54, 1.807) is 69.4 Å². The second kappa shape index (κ2) is 12.5. The third-order valence-corrected chi connectivity index (χ3v) is 6.93. The molecule has 2 amide bonds. The monoisotopic (exact) mass is 591 g/mol. The van der Waals surface area contributed by atoms with Crippen LogP contribution in [-0.2, 0) is 24.3 Å². The molecule has 220 valence electrons. The van der Waals surface area contributed by atoms with Crippen LogP contribution in [0.25, 0.3) is 11.3 Å². The van der Waals surface area contributed by atoms with E-state index in [-0.39, 0.29) is 30.7 Å². The molecule has 0 unspecified atom stereocenters. The van der Waals surface area contributed by atoms with Crippen LogP contribution >= 0.6 is 0 Å². The quantitative estimate of drug-likeness (QED) is 0.240. The zero-order chi connectivity index (χ0) is 30.6. The predicted octanol–water partition coefficient (Wildman–Crippen LogP) is 3.69. The molecule has 42 heavy (non-hydrogen) atoms. The standard InChI is InChI=1S/C30H33N5O6S/c1-6-41-30(38)20-12-14-22-23(16-20)32-29(37)27(22)28(19-10-8-7-9-11-19)31-21-13-15-25(24(17-21)33-42(5,39)40)35(4)26(36)18-34(2)3/h7-17,31,33H,6,18H2,1-5H3,(H,32,37)/b28-27+. The van der Waals surface area contributed by atoms with Crippen LogP contribution in [0, 0.1) is 0 Å². The van der Waals surface area contributed by atoms with Crippen molar-refractivity contribution in [3.8, 4) is 0 Å². The number of anilines is 4. The number of hydrogen-bond donors (Lipinski definition) is 3. The first-order valence-corrected chi connectivity index (χ1v) is 15.0. The average molecular weight is 592 g/mol. The first-order valence-electron chi connectivity index (χ1n) is 13.1. The number of esters is 1. The van der Waals surface area contributed by atoms with Gasteiger partial charge in [-0.3, -0.25) is 14.3 Å². The summed E-state index contributed by atoms with van der Waals surface area (Å²) in [5.74, 6) is -1.10. The van der Waals surface area contributed by atoms with Crippen LogP contribution in [-0.4, -0.2) is 71.7 Å². The fourth-order valence-electron chi connectivity index (χ4n) is 4.49. The molecule has 0 bridgehead atoms. The third kappa shape index (κ3) is 6.96. The van der Waals surface area contributed by atoms with Crippen molar-refractivity contribution in [2.75, 3.05) is 60.8 Å². The molecule has 0 fully saturated rings. The van der Waals surface area contributed by atoms with Gasteiger partial charge in [0.25, 0.3) is 5.91 Å². The number of likely N-dealkylation sites (N-methyl/N-ethyl adjacent to an activating group) is 2. The predicted molar refractivity (Wildman–Crippen MR) is 165 cm³/mol. The van der Waals surface area contributed by atoms with E-state index in [1.165, 1.54) is 4.90 Å². The fourth-order valence-corrected chi connectivity index (χ4v) is 5.05. The van der Waals surface area contributed by atoms with Gasteiger partial charge in [0, 0.05) is 18.3 Å². The number of amides is 2. The van der Waals surface area contributed by atoms with Gasteiger partial charge >= 0.3 is 5.97 Å². The zero-order valence-corrected chi connectivity index (χ0v) is 24.8. The molecular weight excluding hydrogens is 558 g/mol. The normalized spacial score (nSPS) is 13.7. The molecule has 1 aliphatic heterocycles. The van der Waals surface area contributed by atoms with E-state index < -0.39 is 16.0 Å². The smallest absolute Gasteiger partial charge is 0.338 e. The summed E-state index contributed by atoms with van der Waals surface area (Å²) in [5.41, 5.74) is 3.88. The van der Waals surface area contributed by atoms with E-state index in [9.17, 15) is 22.8 Å². The van der Waals surface area contributed by atoms with Crippen LogP contribution in [0.2, 0.25) is 0 Å². The molecule has 0 aliphatic carbocycles. The zero-order valence-electron chi connectivity index (χ0n) is 24.0. The van der Waals surface area contributed by atoms with Crippen molar-refractivity contribution in [2.45, 2.75) is 6.92 Å². The number of nitrogens with one attached hydrogen (secondary N) is 3. The number of carbonyl (C=O) groups excluding carboxylic acids is 3. The van der Waals surface area contributed by atoms with Crippen molar-refractivity contribution in [1.29, 1.82) is 0 Å². The molecule has 0 spiro atoms. The fraction of sp³-hybridized carbons (Fsp3) is 0.233. The van der Waals surface area contributed by atoms with Crippen molar-refractivity contribution in [3.63, 3.8) is 0 Å². The van der Waals surface area contributed by atoms with Crippen molar-refractivity contribution in [2.24, 2.45) is 0 Å². The summed E-state index contributed by atoms with van der Waals surface area (Å²) in [6.45, 7) is 2.07. The number of ether oxygens (including phenoxy) is 1. The Bertz CT molecular complexity index is 1670. The summed E-state index contributed by atoms with van der Waals surface area (Å²) in [7, 11) is 1.41. The Morgan fingerprint density at radius 3 is 2.31 bits per heavy atom. The molecular formula is C30H33N5O6S. The maximum Gasteiger partial charge on any atom is 0.338 e. The van der Waals surface area contributed by atoms with Gasteiger partial charge in [0.2, 0.25) is 15.9 Å². The molecule has 3 N–H and O–H groups in total. The van der Waals surface area contributed by atoms with Gasteiger partial charge in [-0.2, -0.15) is 0 Å². The van der Waals surface area contributed by atoms with Crippen molar-refractivity contribution >= 4 is 61.8 Å². The highest BCUT2D eigenvalue weighted by atomic mass is 32.2. The van der Waals surface area contributed by atoms with E-state index >= 15 is 0 Å². The van der Waals surface area contributed by atoms with Gasteiger partial charge in [-0.05, 0) is 56.9 Å². The van der Waals surface area contributed by atoms with Crippen molar-refractivity contribution in [1.82, 2.24) is 4.90 Å². The van der Waals surface area contributed by atoms with Gasteiger partial charge in [0.1, 0.15) is 0 Å². The minimum Gasteiger partial charge on any atom is -0.462 e. The summed E-state index contributed by atoms with van der Waals surface area (Å²) >= 11 is 0. The summed E-state index contributed by atoms with van der Waals surface area (Å²) in [5, 5.41) is 6.13. The Morgan fingerprint density at radius 2 is 1.67 bits per heavy atom. The lowest BCUT2D eigenvalue weighted by molar-refractivity contribution is -0.119. The largest absolute Gasteiger partial charge is 0.462 e. The lowest BCUT2D eigenvalue weighted by Gasteiger charge is -2.24. The molecule has 0 saturated carbocycles.